The number of hydrogen-bond donors (Lipinski definition) is 0. The van der Waals surface area contributed by atoms with Gasteiger partial charge in [-0.3, -0.25) is 10.1 Å². The predicted molar refractivity (Wildman–Crippen MR) is 97.2 cm³/mol. The van der Waals surface area contributed by atoms with Crippen LogP contribution < -0.4 is 4.74 Å². The maximum Gasteiger partial charge on any atom is 0.342 e. The molecular formula is C18H18BrNO5. The molecule has 25 heavy (non-hydrogen) atoms. The van der Waals surface area contributed by atoms with Gasteiger partial charge in [-0.15, -0.1) is 0 Å². The number of carbonyl (C=O) groups is 1. The molecule has 0 N–H and O–H groups in total. The lowest BCUT2D eigenvalue weighted by Crippen LogP contribution is -2.09. The van der Waals surface area contributed by atoms with E-state index in [-0.39, 0.29) is 23.6 Å². The molecule has 0 aliphatic heterocycles. The number of halogens is 1. The van der Waals surface area contributed by atoms with E-state index < -0.39 is 10.9 Å². The molecule has 0 saturated heterocycles. The molecule has 0 spiro atoms. The van der Waals surface area contributed by atoms with Gasteiger partial charge in [-0.1, -0.05) is 46.3 Å². The number of nitro groups is 1. The van der Waals surface area contributed by atoms with E-state index in [4.69, 9.17) is 9.47 Å². The normalized spacial score (nSPS) is 10.3. The van der Waals surface area contributed by atoms with Gasteiger partial charge >= 0.3 is 5.97 Å². The minimum atomic E-state index is -0.575. The third-order valence-corrected chi connectivity index (χ3v) is 3.95. The summed E-state index contributed by atoms with van der Waals surface area (Å²) in [6, 6.07) is 13.2. The number of ether oxygens (including phenoxy) is 2. The second-order valence-electron chi connectivity index (χ2n) is 5.24. The van der Waals surface area contributed by atoms with Crippen molar-refractivity contribution < 1.29 is 19.2 Å². The standard InChI is InChI=1S/C18H18BrNO5/c19-10-4-5-11-24-17-12-15(20(22)23)8-9-16(17)18(21)25-13-14-6-2-1-3-7-14/h1-3,6-9,12H,4-5,10-11,13H2. The quantitative estimate of drug-likeness (QED) is 0.201. The molecule has 0 amide bonds. The van der Waals surface area contributed by atoms with Crippen LogP contribution in [0.15, 0.2) is 48.5 Å². The molecule has 2 aromatic carbocycles. The molecule has 0 fully saturated rings. The fraction of sp³-hybridized carbons (Fsp3) is 0.278. The molecule has 6 nitrogen and oxygen atoms in total. The van der Waals surface area contributed by atoms with Gasteiger partial charge in [0.2, 0.25) is 0 Å². The molecular weight excluding hydrogens is 390 g/mol. The number of non-ortho nitro benzene ring substituents is 1. The molecule has 0 aliphatic carbocycles. The van der Waals surface area contributed by atoms with Gasteiger partial charge in [-0.25, -0.2) is 4.79 Å². The highest BCUT2D eigenvalue weighted by Crippen LogP contribution is 2.26. The smallest absolute Gasteiger partial charge is 0.342 e. The van der Waals surface area contributed by atoms with E-state index in [9.17, 15) is 14.9 Å². The SMILES string of the molecule is O=C(OCc1ccccc1)c1ccc([N+](=O)[O-])cc1OCCCCBr. The Hall–Kier alpha value is -2.41. The van der Waals surface area contributed by atoms with E-state index in [0.29, 0.717) is 6.61 Å². The van der Waals surface area contributed by atoms with E-state index in [1.165, 1.54) is 18.2 Å². The lowest BCUT2D eigenvalue weighted by Gasteiger charge is -2.11. The number of rotatable bonds is 9. The summed E-state index contributed by atoms with van der Waals surface area (Å²) in [7, 11) is 0. The van der Waals surface area contributed by atoms with Gasteiger partial charge in [0.15, 0.2) is 0 Å². The zero-order valence-corrected chi connectivity index (χ0v) is 15.1. The van der Waals surface area contributed by atoms with Gasteiger partial charge in [-0.05, 0) is 24.5 Å². The third-order valence-electron chi connectivity index (χ3n) is 3.39. The van der Waals surface area contributed by atoms with Crippen molar-refractivity contribution in [3.8, 4) is 5.75 Å². The lowest BCUT2D eigenvalue weighted by molar-refractivity contribution is -0.384. The van der Waals surface area contributed by atoms with Gasteiger partial charge in [0, 0.05) is 11.4 Å². The minimum Gasteiger partial charge on any atom is -0.492 e. The number of benzene rings is 2. The first-order valence-electron chi connectivity index (χ1n) is 7.80. The average molecular weight is 408 g/mol. The second-order valence-corrected chi connectivity index (χ2v) is 6.04. The number of alkyl halides is 1. The van der Waals surface area contributed by atoms with E-state index >= 15 is 0 Å². The topological polar surface area (TPSA) is 78.7 Å². The first-order chi connectivity index (χ1) is 12.1. The summed E-state index contributed by atoms with van der Waals surface area (Å²) in [6.07, 6.45) is 1.68. The van der Waals surface area contributed by atoms with Crippen LogP contribution in [-0.4, -0.2) is 22.8 Å². The van der Waals surface area contributed by atoms with Crippen LogP contribution in [-0.2, 0) is 11.3 Å². The summed E-state index contributed by atoms with van der Waals surface area (Å²) in [4.78, 5) is 22.8. The Labute approximate surface area is 154 Å². The molecule has 7 heteroatoms. The Balaban J connectivity index is 2.10. The monoisotopic (exact) mass is 407 g/mol. The van der Waals surface area contributed by atoms with Gasteiger partial charge in [0.1, 0.15) is 17.9 Å². The van der Waals surface area contributed by atoms with Crippen LogP contribution in [0.2, 0.25) is 0 Å². The number of esters is 1. The van der Waals surface area contributed by atoms with Gasteiger partial charge in [0.05, 0.1) is 17.6 Å². The van der Waals surface area contributed by atoms with E-state index in [2.05, 4.69) is 15.9 Å². The van der Waals surface area contributed by atoms with Crippen molar-refractivity contribution in [2.24, 2.45) is 0 Å². The highest BCUT2D eigenvalue weighted by atomic mass is 79.9. The van der Waals surface area contributed by atoms with Crippen molar-refractivity contribution in [1.82, 2.24) is 0 Å². The Morgan fingerprint density at radius 3 is 2.56 bits per heavy atom. The summed E-state index contributed by atoms with van der Waals surface area (Å²) in [5, 5.41) is 11.8. The molecule has 0 aromatic heterocycles. The maximum atomic E-state index is 12.3. The lowest BCUT2D eigenvalue weighted by atomic mass is 10.1. The van der Waals surface area contributed by atoms with Crippen LogP contribution in [0.25, 0.3) is 0 Å². The molecule has 0 aliphatic rings. The van der Waals surface area contributed by atoms with Crippen molar-refractivity contribution in [3.63, 3.8) is 0 Å². The fourth-order valence-electron chi connectivity index (χ4n) is 2.09. The first-order valence-corrected chi connectivity index (χ1v) is 8.92. The Morgan fingerprint density at radius 2 is 1.88 bits per heavy atom. The van der Waals surface area contributed by atoms with Crippen LogP contribution in [0.5, 0.6) is 5.75 Å². The van der Waals surface area contributed by atoms with Crippen molar-refractivity contribution in [2.45, 2.75) is 19.4 Å². The largest absolute Gasteiger partial charge is 0.492 e. The zero-order valence-electron chi connectivity index (χ0n) is 13.5. The fourth-order valence-corrected chi connectivity index (χ4v) is 2.49. The number of nitrogens with zero attached hydrogens (tertiary/aromatic N) is 1. The van der Waals surface area contributed by atoms with Crippen LogP contribution in [0.4, 0.5) is 5.69 Å². The summed E-state index contributed by atoms with van der Waals surface area (Å²) in [6.45, 7) is 0.491. The molecule has 0 bridgehead atoms. The zero-order chi connectivity index (χ0) is 18.1. The molecule has 0 heterocycles. The molecule has 132 valence electrons. The van der Waals surface area contributed by atoms with Crippen LogP contribution >= 0.6 is 15.9 Å². The number of nitro benzene ring substituents is 1. The molecule has 2 rings (SSSR count). The second kappa shape index (κ2) is 9.78. The van der Waals surface area contributed by atoms with Crippen molar-refractivity contribution in [2.75, 3.05) is 11.9 Å². The average Bonchev–Trinajstić information content (AvgIpc) is 2.64. The summed E-state index contributed by atoms with van der Waals surface area (Å²) in [5.41, 5.74) is 0.910. The van der Waals surface area contributed by atoms with E-state index in [1.807, 2.05) is 30.3 Å². The Morgan fingerprint density at radius 1 is 1.12 bits per heavy atom. The Bertz CT molecular complexity index is 721. The summed E-state index contributed by atoms with van der Waals surface area (Å²) >= 11 is 3.33. The molecule has 2 aromatic rings. The minimum absolute atomic E-state index is 0.125. The van der Waals surface area contributed by atoms with Crippen LogP contribution in [0.1, 0.15) is 28.8 Å². The number of carbonyl (C=O) groups excluding carboxylic acids is 1. The van der Waals surface area contributed by atoms with Crippen LogP contribution in [0, 0.1) is 10.1 Å². The van der Waals surface area contributed by atoms with E-state index in [1.54, 1.807) is 0 Å². The van der Waals surface area contributed by atoms with Gasteiger partial charge < -0.3 is 9.47 Å². The highest BCUT2D eigenvalue weighted by molar-refractivity contribution is 9.09. The Kier molecular flexibility index (Phi) is 7.40. The van der Waals surface area contributed by atoms with Gasteiger partial charge in [0.25, 0.3) is 5.69 Å². The summed E-state index contributed by atoms with van der Waals surface area (Å²) in [5.74, 6) is -0.406. The number of hydrogen-bond acceptors (Lipinski definition) is 5. The third kappa shape index (κ3) is 5.86. The van der Waals surface area contributed by atoms with Crippen LogP contribution in [0.3, 0.4) is 0 Å². The molecule has 0 atom stereocenters. The first kappa shape index (κ1) is 18.9. The van der Waals surface area contributed by atoms with Crippen molar-refractivity contribution in [3.05, 3.63) is 69.8 Å². The highest BCUT2D eigenvalue weighted by Gasteiger charge is 2.18. The van der Waals surface area contributed by atoms with Gasteiger partial charge in [-0.2, -0.15) is 0 Å². The number of unbranched alkanes of at least 4 members (excludes halogenated alkanes) is 1. The summed E-state index contributed by atoms with van der Waals surface area (Å²) < 4.78 is 10.9. The van der Waals surface area contributed by atoms with E-state index in [0.717, 1.165) is 23.7 Å². The molecule has 0 unspecified atom stereocenters. The van der Waals surface area contributed by atoms with Crippen molar-refractivity contribution >= 4 is 27.6 Å². The van der Waals surface area contributed by atoms with Crippen molar-refractivity contribution in [1.29, 1.82) is 0 Å². The molecule has 0 saturated carbocycles. The predicted octanol–water partition coefficient (Wildman–Crippen LogP) is 4.51. The maximum absolute atomic E-state index is 12.3. The molecule has 0 radical (unpaired) electrons.